The van der Waals surface area contributed by atoms with E-state index in [4.69, 9.17) is 0 Å². The summed E-state index contributed by atoms with van der Waals surface area (Å²) in [6.45, 7) is 0. The zero-order valence-electron chi connectivity index (χ0n) is 27.1. The molecule has 0 bridgehead atoms. The zero-order valence-corrected chi connectivity index (χ0v) is 27.1. The maximum Gasteiger partial charge on any atom is 0.111 e. The Morgan fingerprint density at radius 3 is 1.45 bits per heavy atom. The van der Waals surface area contributed by atoms with E-state index in [9.17, 15) is 0 Å². The van der Waals surface area contributed by atoms with E-state index < -0.39 is 0 Å². The molecule has 0 spiro atoms. The second kappa shape index (κ2) is 13.7. The summed E-state index contributed by atoms with van der Waals surface area (Å²) in [5, 5.41) is 3.57. The van der Waals surface area contributed by atoms with Crippen LogP contribution in [0.3, 0.4) is 0 Å². The maximum atomic E-state index is 3.57. The lowest BCUT2D eigenvalue weighted by atomic mass is 9.83. The van der Waals surface area contributed by atoms with Gasteiger partial charge in [0.05, 0.1) is 11.6 Å². The van der Waals surface area contributed by atoms with Crippen LogP contribution in [0, 0.1) is 6.08 Å². The second-order valence-electron chi connectivity index (χ2n) is 12.2. The van der Waals surface area contributed by atoms with Crippen LogP contribution in [-0.2, 0) is 0 Å². The fourth-order valence-corrected chi connectivity index (χ4v) is 6.53. The quantitative estimate of drug-likeness (QED) is 0.166. The lowest BCUT2D eigenvalue weighted by Crippen LogP contribution is -1.96. The molecule has 0 unspecified atom stereocenters. The number of anilines is 2. The van der Waals surface area contributed by atoms with Crippen molar-refractivity contribution in [1.29, 1.82) is 0 Å². The van der Waals surface area contributed by atoms with Gasteiger partial charge in [0.2, 0.25) is 0 Å². The van der Waals surface area contributed by atoms with Crippen LogP contribution in [-0.4, -0.2) is 0 Å². The van der Waals surface area contributed by atoms with Gasteiger partial charge in [0.15, 0.2) is 0 Å². The van der Waals surface area contributed by atoms with Crippen molar-refractivity contribution in [2.45, 2.75) is 0 Å². The summed E-state index contributed by atoms with van der Waals surface area (Å²) in [7, 11) is 0. The first kappa shape index (κ1) is 29.8. The highest BCUT2D eigenvalue weighted by Gasteiger charge is 2.21. The molecule has 8 rings (SSSR count). The highest BCUT2D eigenvalue weighted by atomic mass is 14.9. The minimum atomic E-state index is 1.05. The largest absolute Gasteiger partial charge is 0.356 e. The van der Waals surface area contributed by atoms with E-state index in [2.05, 4.69) is 199 Å². The molecule has 0 radical (unpaired) electrons. The van der Waals surface area contributed by atoms with E-state index in [1.807, 2.05) is 12.1 Å². The Bertz CT molecular complexity index is 2290. The van der Waals surface area contributed by atoms with E-state index in [1.54, 1.807) is 0 Å². The Morgan fingerprint density at radius 1 is 0.367 bits per heavy atom. The summed E-state index contributed by atoms with van der Waals surface area (Å²) in [4.78, 5) is 0. The van der Waals surface area contributed by atoms with E-state index >= 15 is 0 Å². The molecule has 1 heteroatoms. The Labute approximate surface area is 288 Å². The van der Waals surface area contributed by atoms with Gasteiger partial charge >= 0.3 is 0 Å². The molecule has 1 N–H and O–H groups in total. The zero-order chi connectivity index (χ0) is 32.8. The van der Waals surface area contributed by atoms with E-state index in [1.165, 1.54) is 61.2 Å². The Hall–Kier alpha value is -6.53. The lowest BCUT2D eigenvalue weighted by molar-refractivity contribution is 1.51. The van der Waals surface area contributed by atoms with Gasteiger partial charge in [-0.2, -0.15) is 0 Å². The minimum absolute atomic E-state index is 1.05. The summed E-state index contributed by atoms with van der Waals surface area (Å²) in [5.41, 5.74) is 16.4. The number of hydrogen-bond donors (Lipinski definition) is 1. The first-order valence-corrected chi connectivity index (χ1v) is 16.7. The van der Waals surface area contributed by atoms with Crippen molar-refractivity contribution in [2.75, 3.05) is 5.32 Å². The molecule has 0 fully saturated rings. The molecule has 0 heterocycles. The highest BCUT2D eigenvalue weighted by molar-refractivity contribution is 5.98. The molecule has 0 saturated carbocycles. The molecule has 1 aliphatic rings. The maximum absolute atomic E-state index is 3.57. The fraction of sp³-hybridized carbons (Fsp3) is 0. The summed E-state index contributed by atoms with van der Waals surface area (Å²) in [6, 6.07) is 62.8. The minimum Gasteiger partial charge on any atom is -0.356 e. The average molecular weight is 625 g/mol. The SMILES string of the molecule is [C+]1=CC(c2cc(-c3ccccc3)cc(-c3ccccc3)c2-c2cccc(-c3ccc(Nc4ccc(-c5ccccc5)cc4)cc3)c2)=CC=C1. The van der Waals surface area contributed by atoms with Gasteiger partial charge in [0, 0.05) is 34.7 Å². The van der Waals surface area contributed by atoms with Gasteiger partial charge in [-0.3, -0.25) is 0 Å². The molecule has 0 amide bonds. The fourth-order valence-electron chi connectivity index (χ4n) is 6.53. The highest BCUT2D eigenvalue weighted by Crippen LogP contribution is 2.43. The summed E-state index contributed by atoms with van der Waals surface area (Å²) in [6.07, 6.45) is 11.6. The molecule has 7 aromatic carbocycles. The van der Waals surface area contributed by atoms with Crippen molar-refractivity contribution in [3.05, 3.63) is 212 Å². The van der Waals surface area contributed by atoms with Crippen molar-refractivity contribution < 1.29 is 0 Å². The van der Waals surface area contributed by atoms with Crippen LogP contribution < -0.4 is 5.32 Å². The van der Waals surface area contributed by atoms with Gasteiger partial charge in [-0.15, -0.1) is 0 Å². The van der Waals surface area contributed by atoms with Crippen molar-refractivity contribution in [2.24, 2.45) is 0 Å². The van der Waals surface area contributed by atoms with Crippen LogP contribution in [0.5, 0.6) is 0 Å². The van der Waals surface area contributed by atoms with Gasteiger partial charge in [-0.05, 0) is 92.5 Å². The molecule has 49 heavy (non-hydrogen) atoms. The standard InChI is InChI=1S/C48H34N/c1-5-14-35(15-6-1)37-24-28-44(29-25-37)49-45-30-26-38(27-31-45)41-22-13-23-42(32-41)48-46(39-18-9-3-10-19-39)33-43(36-16-7-2-8-17-36)34-47(48)40-20-11-4-12-21-40/h1-11,13-34,49H/q+1. The third-order valence-electron chi connectivity index (χ3n) is 9.00. The normalized spacial score (nSPS) is 11.9. The van der Waals surface area contributed by atoms with Crippen LogP contribution in [0.2, 0.25) is 0 Å². The van der Waals surface area contributed by atoms with Crippen LogP contribution in [0.15, 0.2) is 200 Å². The summed E-state index contributed by atoms with van der Waals surface area (Å²) >= 11 is 0. The van der Waals surface area contributed by atoms with Crippen molar-refractivity contribution in [1.82, 2.24) is 0 Å². The Morgan fingerprint density at radius 2 is 0.857 bits per heavy atom. The predicted molar refractivity (Wildman–Crippen MR) is 208 cm³/mol. The smallest absolute Gasteiger partial charge is 0.111 e. The van der Waals surface area contributed by atoms with Gasteiger partial charge in [-0.1, -0.05) is 133 Å². The molecule has 0 aromatic heterocycles. The Kier molecular flexibility index (Phi) is 8.33. The number of nitrogens with one attached hydrogen (secondary N) is 1. The summed E-state index contributed by atoms with van der Waals surface area (Å²) in [5.74, 6) is 0. The molecule has 0 saturated heterocycles. The molecule has 1 nitrogen and oxygen atoms in total. The predicted octanol–water partition coefficient (Wildman–Crippen LogP) is 13.1. The monoisotopic (exact) mass is 624 g/mol. The number of benzene rings is 7. The third kappa shape index (κ3) is 6.53. The van der Waals surface area contributed by atoms with Crippen LogP contribution in [0.1, 0.15) is 5.56 Å². The molecule has 0 aliphatic heterocycles. The number of allylic oxidation sites excluding steroid dienone is 6. The first-order valence-electron chi connectivity index (χ1n) is 16.7. The number of rotatable bonds is 8. The van der Waals surface area contributed by atoms with Crippen molar-refractivity contribution >= 4 is 16.9 Å². The Balaban J connectivity index is 1.16. The van der Waals surface area contributed by atoms with Crippen molar-refractivity contribution in [3.63, 3.8) is 0 Å². The molecular weight excluding hydrogens is 591 g/mol. The summed E-state index contributed by atoms with van der Waals surface area (Å²) < 4.78 is 0. The van der Waals surface area contributed by atoms with Gasteiger partial charge in [0.25, 0.3) is 0 Å². The second-order valence-corrected chi connectivity index (χ2v) is 12.2. The third-order valence-corrected chi connectivity index (χ3v) is 9.00. The van der Waals surface area contributed by atoms with Crippen LogP contribution >= 0.6 is 0 Å². The topological polar surface area (TPSA) is 12.0 Å². The van der Waals surface area contributed by atoms with Crippen LogP contribution in [0.4, 0.5) is 11.4 Å². The average Bonchev–Trinajstić information content (AvgIpc) is 3.19. The van der Waals surface area contributed by atoms with Gasteiger partial charge < -0.3 is 5.32 Å². The molecule has 1 aliphatic carbocycles. The van der Waals surface area contributed by atoms with E-state index in [-0.39, 0.29) is 0 Å². The van der Waals surface area contributed by atoms with Gasteiger partial charge in [-0.25, -0.2) is 0 Å². The lowest BCUT2D eigenvalue weighted by Gasteiger charge is -2.18. The first-order chi connectivity index (χ1) is 24.3. The van der Waals surface area contributed by atoms with Crippen LogP contribution in [0.25, 0.3) is 61.2 Å². The molecule has 230 valence electrons. The molecule has 0 atom stereocenters. The van der Waals surface area contributed by atoms with Gasteiger partial charge in [0.1, 0.15) is 12.2 Å². The van der Waals surface area contributed by atoms with E-state index in [0.717, 1.165) is 16.9 Å². The van der Waals surface area contributed by atoms with Crippen molar-refractivity contribution in [3.8, 4) is 55.6 Å². The number of hydrogen-bond acceptors (Lipinski definition) is 1. The molecule has 7 aromatic rings. The molecular formula is C48H34N+. The van der Waals surface area contributed by atoms with E-state index in [0.29, 0.717) is 0 Å².